The Labute approximate surface area is 102 Å². The van der Waals surface area contributed by atoms with Gasteiger partial charge in [-0.3, -0.25) is 0 Å². The number of ether oxygens (including phenoxy) is 1. The number of carbonyl (C=O) groups excluding carboxylic acids is 1. The summed E-state index contributed by atoms with van der Waals surface area (Å²) in [5.41, 5.74) is 0. The van der Waals surface area contributed by atoms with Gasteiger partial charge in [0.15, 0.2) is 0 Å². The molecule has 1 aliphatic carbocycles. The van der Waals surface area contributed by atoms with Crippen LogP contribution < -0.4 is 10.0 Å². The van der Waals surface area contributed by atoms with Crippen LogP contribution in [0.1, 0.15) is 32.1 Å². The van der Waals surface area contributed by atoms with Crippen LogP contribution in [0.15, 0.2) is 0 Å². The van der Waals surface area contributed by atoms with Crippen molar-refractivity contribution in [3.63, 3.8) is 0 Å². The predicted molar refractivity (Wildman–Crippen MR) is 64.2 cm³/mol. The molecule has 0 heterocycles. The number of hydrogen-bond acceptors (Lipinski definition) is 4. The van der Waals surface area contributed by atoms with Crippen LogP contribution in [-0.4, -0.2) is 40.0 Å². The fourth-order valence-corrected chi connectivity index (χ4v) is 2.25. The van der Waals surface area contributed by atoms with E-state index in [-0.39, 0.29) is 19.2 Å². The van der Waals surface area contributed by atoms with Crippen LogP contribution in [0.3, 0.4) is 0 Å². The van der Waals surface area contributed by atoms with E-state index in [4.69, 9.17) is 4.74 Å². The molecule has 0 aromatic rings. The standard InChI is InChI=1S/C10H20N2O4S/c1-17(14,15)12-8-7-11-10(13)16-9-5-3-2-4-6-9/h9,12H,2-8H2,1H3,(H,11,13). The second kappa shape index (κ2) is 6.80. The molecule has 0 unspecified atom stereocenters. The summed E-state index contributed by atoms with van der Waals surface area (Å²) in [6, 6.07) is 0. The SMILES string of the molecule is CS(=O)(=O)NCCNC(=O)OC1CCCCC1. The lowest BCUT2D eigenvalue weighted by Crippen LogP contribution is -2.36. The number of rotatable bonds is 5. The van der Waals surface area contributed by atoms with Crippen LogP contribution in [0.5, 0.6) is 0 Å². The molecule has 0 spiro atoms. The van der Waals surface area contributed by atoms with Crippen LogP contribution in [0, 0.1) is 0 Å². The molecule has 1 saturated carbocycles. The Morgan fingerprint density at radius 2 is 1.88 bits per heavy atom. The molecule has 0 aromatic heterocycles. The van der Waals surface area contributed by atoms with Gasteiger partial charge in [-0.2, -0.15) is 0 Å². The average Bonchev–Trinajstić information content (AvgIpc) is 2.25. The van der Waals surface area contributed by atoms with Gasteiger partial charge in [-0.25, -0.2) is 17.9 Å². The average molecular weight is 264 g/mol. The third-order valence-electron chi connectivity index (χ3n) is 2.58. The minimum atomic E-state index is -3.19. The van der Waals surface area contributed by atoms with E-state index in [1.807, 2.05) is 0 Å². The molecule has 17 heavy (non-hydrogen) atoms. The van der Waals surface area contributed by atoms with Crippen LogP contribution in [0.2, 0.25) is 0 Å². The third-order valence-corrected chi connectivity index (χ3v) is 3.31. The van der Waals surface area contributed by atoms with E-state index in [0.29, 0.717) is 0 Å². The number of nitrogens with one attached hydrogen (secondary N) is 2. The molecule has 1 rings (SSSR count). The van der Waals surface area contributed by atoms with Crippen molar-refractivity contribution in [1.82, 2.24) is 10.0 Å². The molecule has 7 heteroatoms. The maximum Gasteiger partial charge on any atom is 0.407 e. The van der Waals surface area contributed by atoms with Gasteiger partial charge in [0.25, 0.3) is 0 Å². The molecule has 6 nitrogen and oxygen atoms in total. The summed E-state index contributed by atoms with van der Waals surface area (Å²) in [6.45, 7) is 0.414. The molecular weight excluding hydrogens is 244 g/mol. The molecule has 0 atom stereocenters. The minimum Gasteiger partial charge on any atom is -0.446 e. The van der Waals surface area contributed by atoms with E-state index < -0.39 is 16.1 Å². The van der Waals surface area contributed by atoms with Crippen molar-refractivity contribution in [3.8, 4) is 0 Å². The summed E-state index contributed by atoms with van der Waals surface area (Å²) in [7, 11) is -3.19. The van der Waals surface area contributed by atoms with E-state index in [2.05, 4.69) is 10.0 Å². The van der Waals surface area contributed by atoms with Crippen molar-refractivity contribution >= 4 is 16.1 Å². The highest BCUT2D eigenvalue weighted by Gasteiger charge is 2.17. The number of sulfonamides is 1. The molecule has 100 valence electrons. The second-order valence-electron chi connectivity index (χ2n) is 4.26. The fraction of sp³-hybridized carbons (Fsp3) is 0.900. The van der Waals surface area contributed by atoms with E-state index >= 15 is 0 Å². The van der Waals surface area contributed by atoms with Crippen LogP contribution >= 0.6 is 0 Å². The normalized spacial score (nSPS) is 17.7. The molecule has 1 fully saturated rings. The van der Waals surface area contributed by atoms with Crippen molar-refractivity contribution in [2.45, 2.75) is 38.2 Å². The smallest absolute Gasteiger partial charge is 0.407 e. The highest BCUT2D eigenvalue weighted by atomic mass is 32.2. The van der Waals surface area contributed by atoms with Crippen LogP contribution in [0.25, 0.3) is 0 Å². The summed E-state index contributed by atoms with van der Waals surface area (Å²) in [6.07, 6.45) is 5.90. The molecule has 0 bridgehead atoms. The number of alkyl carbamates (subject to hydrolysis) is 1. The minimum absolute atomic E-state index is 0.0200. The van der Waals surface area contributed by atoms with Gasteiger partial charge in [0.2, 0.25) is 10.0 Å². The van der Waals surface area contributed by atoms with Gasteiger partial charge in [-0.15, -0.1) is 0 Å². The summed E-state index contributed by atoms with van der Waals surface area (Å²) in [5.74, 6) is 0. The highest BCUT2D eigenvalue weighted by molar-refractivity contribution is 7.88. The quantitative estimate of drug-likeness (QED) is 0.712. The van der Waals surface area contributed by atoms with E-state index in [1.165, 1.54) is 6.42 Å². The first-order chi connectivity index (χ1) is 7.97. The Hall–Kier alpha value is -0.820. The zero-order valence-electron chi connectivity index (χ0n) is 10.1. The number of amides is 1. The summed E-state index contributed by atoms with van der Waals surface area (Å²) in [4.78, 5) is 11.3. The molecule has 0 aliphatic heterocycles. The molecule has 0 saturated heterocycles. The van der Waals surface area contributed by atoms with Gasteiger partial charge in [-0.05, 0) is 25.7 Å². The Morgan fingerprint density at radius 1 is 1.24 bits per heavy atom. The second-order valence-corrected chi connectivity index (χ2v) is 6.09. The van der Waals surface area contributed by atoms with Crippen molar-refractivity contribution < 1.29 is 17.9 Å². The Morgan fingerprint density at radius 3 is 2.47 bits per heavy atom. The van der Waals surface area contributed by atoms with Crippen molar-refractivity contribution in [3.05, 3.63) is 0 Å². The van der Waals surface area contributed by atoms with Crippen LogP contribution in [0.4, 0.5) is 4.79 Å². The summed E-state index contributed by atoms with van der Waals surface area (Å²) >= 11 is 0. The van der Waals surface area contributed by atoms with Gasteiger partial charge in [-0.1, -0.05) is 6.42 Å². The lowest BCUT2D eigenvalue weighted by atomic mass is 9.98. The van der Waals surface area contributed by atoms with E-state index in [0.717, 1.165) is 31.9 Å². The van der Waals surface area contributed by atoms with Crippen molar-refractivity contribution in [2.24, 2.45) is 0 Å². The Bertz CT molecular complexity index is 336. The lowest BCUT2D eigenvalue weighted by Gasteiger charge is -2.21. The number of hydrogen-bond donors (Lipinski definition) is 2. The van der Waals surface area contributed by atoms with Crippen molar-refractivity contribution in [2.75, 3.05) is 19.3 Å². The monoisotopic (exact) mass is 264 g/mol. The molecule has 0 aromatic carbocycles. The maximum atomic E-state index is 11.3. The van der Waals surface area contributed by atoms with Gasteiger partial charge < -0.3 is 10.1 Å². The van der Waals surface area contributed by atoms with E-state index in [9.17, 15) is 13.2 Å². The largest absolute Gasteiger partial charge is 0.446 e. The first-order valence-corrected chi connectivity index (χ1v) is 7.75. The van der Waals surface area contributed by atoms with E-state index in [1.54, 1.807) is 0 Å². The maximum absolute atomic E-state index is 11.3. The van der Waals surface area contributed by atoms with Gasteiger partial charge in [0.05, 0.1) is 6.26 Å². The highest BCUT2D eigenvalue weighted by Crippen LogP contribution is 2.20. The Kier molecular flexibility index (Phi) is 5.70. The zero-order chi connectivity index (χ0) is 12.7. The lowest BCUT2D eigenvalue weighted by molar-refractivity contribution is 0.0755. The predicted octanol–water partition coefficient (Wildman–Crippen LogP) is 0.594. The molecule has 2 N–H and O–H groups in total. The van der Waals surface area contributed by atoms with Gasteiger partial charge in [0.1, 0.15) is 6.10 Å². The molecule has 0 radical (unpaired) electrons. The Balaban J connectivity index is 2.08. The molecular formula is C10H20N2O4S. The number of carbonyl (C=O) groups is 1. The fourth-order valence-electron chi connectivity index (χ4n) is 1.78. The first-order valence-electron chi connectivity index (χ1n) is 5.86. The first kappa shape index (κ1) is 14.2. The van der Waals surface area contributed by atoms with Gasteiger partial charge >= 0.3 is 6.09 Å². The molecule has 1 aliphatic rings. The summed E-state index contributed by atoms with van der Waals surface area (Å²) < 4.78 is 29.0. The van der Waals surface area contributed by atoms with Gasteiger partial charge in [0, 0.05) is 13.1 Å². The van der Waals surface area contributed by atoms with Crippen LogP contribution in [-0.2, 0) is 14.8 Å². The zero-order valence-corrected chi connectivity index (χ0v) is 10.9. The topological polar surface area (TPSA) is 84.5 Å². The molecule has 1 amide bonds. The third kappa shape index (κ3) is 7.17. The van der Waals surface area contributed by atoms with Crippen molar-refractivity contribution in [1.29, 1.82) is 0 Å². The summed E-state index contributed by atoms with van der Waals surface area (Å²) in [5, 5.41) is 2.51.